The summed E-state index contributed by atoms with van der Waals surface area (Å²) in [6.07, 6.45) is 7.48. The molecule has 41 heavy (non-hydrogen) atoms. The summed E-state index contributed by atoms with van der Waals surface area (Å²) < 4.78 is 7.20. The number of nitrogens with one attached hydrogen (secondary N) is 2. The summed E-state index contributed by atoms with van der Waals surface area (Å²) in [6, 6.07) is 17.5. The summed E-state index contributed by atoms with van der Waals surface area (Å²) >= 11 is 0. The van der Waals surface area contributed by atoms with Gasteiger partial charge in [0.25, 0.3) is 5.91 Å². The van der Waals surface area contributed by atoms with E-state index in [2.05, 4.69) is 10.8 Å². The molecule has 1 atom stereocenters. The van der Waals surface area contributed by atoms with E-state index >= 15 is 0 Å². The molecule has 212 valence electrons. The molecule has 0 bridgehead atoms. The van der Waals surface area contributed by atoms with E-state index < -0.39 is 5.41 Å². The van der Waals surface area contributed by atoms with E-state index in [4.69, 9.17) is 19.7 Å². The number of hydrogen-bond acceptors (Lipinski definition) is 6. The normalized spacial score (nSPS) is 15.8. The van der Waals surface area contributed by atoms with Gasteiger partial charge in [0.05, 0.1) is 17.6 Å². The number of imidazole rings is 1. The minimum Gasteiger partial charge on any atom is -0.350 e. The van der Waals surface area contributed by atoms with Crippen LogP contribution in [0.3, 0.4) is 0 Å². The summed E-state index contributed by atoms with van der Waals surface area (Å²) in [5.74, 6) is -0.383. The molecule has 3 heterocycles. The van der Waals surface area contributed by atoms with E-state index in [1.807, 2.05) is 88.5 Å². The van der Waals surface area contributed by atoms with E-state index in [1.165, 1.54) is 6.08 Å². The number of amides is 2. The van der Waals surface area contributed by atoms with Crippen molar-refractivity contribution in [1.82, 2.24) is 20.1 Å². The number of hydrogen-bond donors (Lipinski definition) is 2. The van der Waals surface area contributed by atoms with Crippen molar-refractivity contribution in [2.45, 2.75) is 53.2 Å². The van der Waals surface area contributed by atoms with E-state index in [-0.39, 0.29) is 18.1 Å². The van der Waals surface area contributed by atoms with Crippen molar-refractivity contribution in [3.05, 3.63) is 78.0 Å². The van der Waals surface area contributed by atoms with E-state index in [9.17, 15) is 9.59 Å². The fourth-order valence-corrected chi connectivity index (χ4v) is 4.30. The zero-order valence-corrected chi connectivity index (χ0v) is 23.8. The van der Waals surface area contributed by atoms with Crippen LogP contribution in [0.4, 0.5) is 5.69 Å². The molecule has 2 amide bonds. The summed E-state index contributed by atoms with van der Waals surface area (Å²) in [5.41, 5.74) is 8.65. The first-order chi connectivity index (χ1) is 19.7. The van der Waals surface area contributed by atoms with Crippen LogP contribution in [0.5, 0.6) is 0 Å². The number of anilines is 1. The first-order valence-corrected chi connectivity index (χ1v) is 13.8. The first kappa shape index (κ1) is 28.2. The number of aromatic nitrogens is 3. The minimum atomic E-state index is -0.492. The van der Waals surface area contributed by atoms with Gasteiger partial charge in [-0.3, -0.25) is 9.59 Å². The lowest BCUT2D eigenvalue weighted by Gasteiger charge is -2.21. The monoisotopic (exact) mass is 553 g/mol. The third-order valence-electron chi connectivity index (χ3n) is 6.85. The molecule has 0 spiro atoms. The van der Waals surface area contributed by atoms with Crippen molar-refractivity contribution in [3.63, 3.8) is 0 Å². The summed E-state index contributed by atoms with van der Waals surface area (Å²) in [4.78, 5) is 34.7. The molecule has 2 N–H and O–H groups in total. The van der Waals surface area contributed by atoms with Crippen LogP contribution < -0.4 is 10.8 Å². The number of hydroxylamine groups is 1. The van der Waals surface area contributed by atoms with Crippen molar-refractivity contribution in [1.29, 1.82) is 0 Å². The van der Waals surface area contributed by atoms with Gasteiger partial charge < -0.3 is 10.1 Å². The van der Waals surface area contributed by atoms with Gasteiger partial charge in [0.15, 0.2) is 11.9 Å². The molecule has 0 radical (unpaired) electrons. The number of aryl methyl sites for hydroxylation is 1. The van der Waals surface area contributed by atoms with Gasteiger partial charge >= 0.3 is 0 Å². The van der Waals surface area contributed by atoms with E-state index in [0.717, 1.165) is 64.2 Å². The SMILES string of the molecule is Cc1ccc(-c2cn3nc(-c4ccc(C=CC(=O)NOC5CCCCO5)cc4)ccc3n2)cc1NC(=O)C(C)(C)C. The van der Waals surface area contributed by atoms with Crippen LogP contribution in [0.25, 0.3) is 34.2 Å². The highest BCUT2D eigenvalue weighted by molar-refractivity contribution is 5.95. The van der Waals surface area contributed by atoms with Crippen molar-refractivity contribution >= 4 is 29.2 Å². The summed E-state index contributed by atoms with van der Waals surface area (Å²) in [6.45, 7) is 8.29. The largest absolute Gasteiger partial charge is 0.350 e. The Hall–Kier alpha value is -4.34. The highest BCUT2D eigenvalue weighted by atomic mass is 16.8. The molecular formula is C32H35N5O4. The van der Waals surface area contributed by atoms with Gasteiger partial charge in [-0.15, -0.1) is 0 Å². The Morgan fingerprint density at radius 1 is 1.02 bits per heavy atom. The van der Waals surface area contributed by atoms with Gasteiger partial charge in [-0.1, -0.05) is 57.2 Å². The molecule has 0 aliphatic carbocycles. The predicted octanol–water partition coefficient (Wildman–Crippen LogP) is 5.94. The highest BCUT2D eigenvalue weighted by Gasteiger charge is 2.22. The fraction of sp³-hybridized carbons (Fsp3) is 0.312. The number of fused-ring (bicyclic) bond motifs is 1. The number of ether oxygens (including phenoxy) is 1. The maximum absolute atomic E-state index is 12.5. The van der Waals surface area contributed by atoms with Gasteiger partial charge in [0.1, 0.15) is 0 Å². The fourth-order valence-electron chi connectivity index (χ4n) is 4.30. The van der Waals surface area contributed by atoms with Crippen LogP contribution in [-0.2, 0) is 19.2 Å². The van der Waals surface area contributed by atoms with Crippen LogP contribution in [0.1, 0.15) is 51.2 Å². The highest BCUT2D eigenvalue weighted by Crippen LogP contribution is 2.27. The second kappa shape index (κ2) is 12.0. The van der Waals surface area contributed by atoms with Crippen molar-refractivity contribution in [3.8, 4) is 22.5 Å². The quantitative estimate of drug-likeness (QED) is 0.217. The Bertz CT molecular complexity index is 1580. The Balaban J connectivity index is 1.26. The lowest BCUT2D eigenvalue weighted by atomic mass is 9.95. The lowest BCUT2D eigenvalue weighted by Crippen LogP contribution is -2.32. The standard InChI is InChI=1S/C32H35N5O4/c1-21-8-12-24(19-26(21)34-31(39)32(2,3)4)27-20-37-28(33-27)16-15-25(35-37)23-13-9-22(10-14-23)11-17-29(38)36-41-30-7-5-6-18-40-30/h8-17,19-20,30H,5-7,18H2,1-4H3,(H,34,39)(H,36,38). The molecule has 2 aromatic heterocycles. The van der Waals surface area contributed by atoms with Crippen LogP contribution in [0.15, 0.2) is 66.9 Å². The second-order valence-corrected chi connectivity index (χ2v) is 11.2. The van der Waals surface area contributed by atoms with Crippen molar-refractivity contribution in [2.75, 3.05) is 11.9 Å². The Kier molecular flexibility index (Phi) is 8.28. The maximum atomic E-state index is 12.5. The molecular weight excluding hydrogens is 518 g/mol. The van der Waals surface area contributed by atoms with Crippen LogP contribution >= 0.6 is 0 Å². The van der Waals surface area contributed by atoms with Gasteiger partial charge in [-0.25, -0.2) is 19.8 Å². The minimum absolute atomic E-state index is 0.0392. The summed E-state index contributed by atoms with van der Waals surface area (Å²) in [7, 11) is 0. The maximum Gasteiger partial charge on any atom is 0.267 e. The Morgan fingerprint density at radius 2 is 1.80 bits per heavy atom. The third-order valence-corrected chi connectivity index (χ3v) is 6.85. The molecule has 2 aromatic carbocycles. The molecule has 1 unspecified atom stereocenters. The average Bonchev–Trinajstić information content (AvgIpc) is 3.40. The van der Waals surface area contributed by atoms with Crippen molar-refractivity contribution < 1.29 is 19.2 Å². The van der Waals surface area contributed by atoms with Gasteiger partial charge in [-0.05, 0) is 55.2 Å². The Morgan fingerprint density at radius 3 is 2.54 bits per heavy atom. The van der Waals surface area contributed by atoms with Crippen LogP contribution in [0.2, 0.25) is 0 Å². The molecule has 0 saturated carbocycles. The van der Waals surface area contributed by atoms with Gasteiger partial charge in [0, 0.05) is 41.3 Å². The Labute approximate surface area is 239 Å². The smallest absolute Gasteiger partial charge is 0.267 e. The lowest BCUT2D eigenvalue weighted by molar-refractivity contribution is -0.198. The molecule has 9 nitrogen and oxygen atoms in total. The number of carbonyl (C=O) groups excluding carboxylic acids is 2. The zero-order chi connectivity index (χ0) is 29.0. The van der Waals surface area contributed by atoms with E-state index in [0.29, 0.717) is 6.61 Å². The summed E-state index contributed by atoms with van der Waals surface area (Å²) in [5, 5.41) is 7.80. The molecule has 1 aliphatic rings. The zero-order valence-electron chi connectivity index (χ0n) is 23.8. The second-order valence-electron chi connectivity index (χ2n) is 11.2. The van der Waals surface area contributed by atoms with Crippen LogP contribution in [0, 0.1) is 12.3 Å². The molecule has 1 saturated heterocycles. The molecule has 5 rings (SSSR count). The third kappa shape index (κ3) is 7.06. The number of nitrogens with zero attached hydrogens (tertiary/aromatic N) is 3. The molecule has 9 heteroatoms. The van der Waals surface area contributed by atoms with Crippen LogP contribution in [-0.4, -0.2) is 39.3 Å². The first-order valence-electron chi connectivity index (χ1n) is 13.8. The molecule has 4 aromatic rings. The van der Waals surface area contributed by atoms with Crippen molar-refractivity contribution in [2.24, 2.45) is 5.41 Å². The number of rotatable bonds is 7. The molecule has 1 aliphatic heterocycles. The van der Waals surface area contributed by atoms with E-state index in [1.54, 1.807) is 10.6 Å². The van der Waals surface area contributed by atoms with Gasteiger partial charge in [0.2, 0.25) is 5.91 Å². The van der Waals surface area contributed by atoms with Gasteiger partial charge in [-0.2, -0.15) is 5.10 Å². The number of benzene rings is 2. The topological polar surface area (TPSA) is 107 Å². The molecule has 1 fully saturated rings. The average molecular weight is 554 g/mol. The number of carbonyl (C=O) groups is 2. The predicted molar refractivity (Wildman–Crippen MR) is 159 cm³/mol.